The summed E-state index contributed by atoms with van der Waals surface area (Å²) in [4.78, 5) is 10.2. The van der Waals surface area contributed by atoms with Crippen molar-refractivity contribution in [2.75, 3.05) is 0 Å². The molecule has 0 amide bonds. The molecule has 0 spiro atoms. The Hall–Kier alpha value is -0.440. The summed E-state index contributed by atoms with van der Waals surface area (Å²) in [5.41, 5.74) is 0. The van der Waals surface area contributed by atoms with Gasteiger partial charge < -0.3 is 5.32 Å². The van der Waals surface area contributed by atoms with E-state index in [1.165, 1.54) is 6.08 Å². The first-order valence-electron chi connectivity index (χ1n) is 2.78. The van der Waals surface area contributed by atoms with Gasteiger partial charge in [-0.3, -0.25) is 4.79 Å². The Bertz CT molecular complexity index is 120. The average molecular weight is 145 g/mol. The van der Waals surface area contributed by atoms with Crippen LogP contribution in [0.3, 0.4) is 0 Å². The van der Waals surface area contributed by atoms with Gasteiger partial charge in [0.25, 0.3) is 0 Å². The molecule has 0 radical (unpaired) electrons. The van der Waals surface area contributed by atoms with Crippen molar-refractivity contribution >= 4 is 17.7 Å². The van der Waals surface area contributed by atoms with Gasteiger partial charge in [-0.15, -0.1) is 12.6 Å². The molecule has 9 heavy (non-hydrogen) atoms. The van der Waals surface area contributed by atoms with E-state index in [4.69, 9.17) is 0 Å². The van der Waals surface area contributed by atoms with Gasteiger partial charge >= 0.3 is 0 Å². The molecule has 0 aromatic carbocycles. The van der Waals surface area contributed by atoms with Crippen molar-refractivity contribution in [2.24, 2.45) is 0 Å². The summed E-state index contributed by atoms with van der Waals surface area (Å²) in [6.07, 6.45) is 2.98. The Morgan fingerprint density at radius 2 is 2.22 bits per heavy atom. The SMILES string of the molecule is CC(C)N/C=C/C(=O)S. The molecular formula is C6H11NOS. The number of carbonyl (C=O) groups excluding carboxylic acids is 1. The van der Waals surface area contributed by atoms with Gasteiger partial charge in [-0.25, -0.2) is 0 Å². The van der Waals surface area contributed by atoms with E-state index in [9.17, 15) is 4.79 Å². The van der Waals surface area contributed by atoms with E-state index >= 15 is 0 Å². The van der Waals surface area contributed by atoms with Gasteiger partial charge in [0, 0.05) is 18.3 Å². The molecule has 3 heteroatoms. The minimum Gasteiger partial charge on any atom is -0.389 e. The zero-order chi connectivity index (χ0) is 7.28. The van der Waals surface area contributed by atoms with Gasteiger partial charge in [-0.2, -0.15) is 0 Å². The van der Waals surface area contributed by atoms with E-state index < -0.39 is 0 Å². The number of carbonyl (C=O) groups is 1. The summed E-state index contributed by atoms with van der Waals surface area (Å²) < 4.78 is 0. The van der Waals surface area contributed by atoms with Crippen molar-refractivity contribution in [3.63, 3.8) is 0 Å². The van der Waals surface area contributed by atoms with Crippen LogP contribution in [0.4, 0.5) is 0 Å². The molecule has 0 aliphatic heterocycles. The fourth-order valence-corrected chi connectivity index (χ4v) is 0.386. The van der Waals surface area contributed by atoms with Crippen LogP contribution in [0, 0.1) is 0 Å². The van der Waals surface area contributed by atoms with Crippen molar-refractivity contribution in [3.8, 4) is 0 Å². The summed E-state index contributed by atoms with van der Waals surface area (Å²) in [6, 6.07) is 0.369. The monoisotopic (exact) mass is 145 g/mol. The van der Waals surface area contributed by atoms with E-state index in [1.807, 2.05) is 13.8 Å². The lowest BCUT2D eigenvalue weighted by Gasteiger charge is -2.00. The molecule has 0 aromatic rings. The van der Waals surface area contributed by atoms with Crippen LogP contribution in [0.5, 0.6) is 0 Å². The normalized spacial score (nSPS) is 10.7. The Morgan fingerprint density at radius 3 is 2.56 bits per heavy atom. The molecule has 0 saturated heterocycles. The van der Waals surface area contributed by atoms with Gasteiger partial charge in [-0.1, -0.05) is 0 Å². The standard InChI is InChI=1S/C6H11NOS/c1-5(2)7-4-3-6(8)9/h3-5,7H,1-2H3,(H,8,9)/b4-3+. The van der Waals surface area contributed by atoms with Crippen LogP contribution in [0.2, 0.25) is 0 Å². The topological polar surface area (TPSA) is 29.1 Å². The van der Waals surface area contributed by atoms with E-state index in [0.717, 1.165) is 0 Å². The zero-order valence-electron chi connectivity index (χ0n) is 5.59. The molecule has 0 heterocycles. The van der Waals surface area contributed by atoms with Crippen molar-refractivity contribution in [1.82, 2.24) is 5.32 Å². The second-order valence-electron chi connectivity index (χ2n) is 1.99. The number of rotatable bonds is 3. The first-order valence-corrected chi connectivity index (χ1v) is 3.23. The summed E-state index contributed by atoms with van der Waals surface area (Å²) in [7, 11) is 0. The van der Waals surface area contributed by atoms with Crippen LogP contribution in [-0.2, 0) is 4.79 Å². The molecule has 52 valence electrons. The van der Waals surface area contributed by atoms with Crippen molar-refractivity contribution in [2.45, 2.75) is 19.9 Å². The van der Waals surface area contributed by atoms with Gasteiger partial charge in [-0.05, 0) is 13.8 Å². The molecule has 0 atom stereocenters. The van der Waals surface area contributed by atoms with E-state index in [-0.39, 0.29) is 5.12 Å². The number of hydrogen-bond acceptors (Lipinski definition) is 2. The van der Waals surface area contributed by atoms with E-state index in [1.54, 1.807) is 6.20 Å². The van der Waals surface area contributed by atoms with Crippen molar-refractivity contribution in [1.29, 1.82) is 0 Å². The predicted molar refractivity (Wildman–Crippen MR) is 41.4 cm³/mol. The van der Waals surface area contributed by atoms with Crippen molar-refractivity contribution < 1.29 is 4.79 Å². The molecule has 0 saturated carbocycles. The lowest BCUT2D eigenvalue weighted by molar-refractivity contribution is -0.106. The Balaban J connectivity index is 3.36. The highest BCUT2D eigenvalue weighted by Crippen LogP contribution is 1.80. The minimum absolute atomic E-state index is 0.233. The Kier molecular flexibility index (Phi) is 4.22. The predicted octanol–water partition coefficient (Wildman–Crippen LogP) is 0.954. The second kappa shape index (κ2) is 4.44. The van der Waals surface area contributed by atoms with Crippen LogP contribution < -0.4 is 5.32 Å². The van der Waals surface area contributed by atoms with Gasteiger partial charge in [0.05, 0.1) is 0 Å². The summed E-state index contributed by atoms with van der Waals surface area (Å²) in [6.45, 7) is 3.99. The maximum absolute atomic E-state index is 10.2. The molecule has 2 nitrogen and oxygen atoms in total. The average Bonchev–Trinajstić information content (AvgIpc) is 1.63. The number of hydrogen-bond donors (Lipinski definition) is 2. The lowest BCUT2D eigenvalue weighted by Crippen LogP contribution is -2.15. The van der Waals surface area contributed by atoms with E-state index in [0.29, 0.717) is 6.04 Å². The summed E-state index contributed by atoms with van der Waals surface area (Å²) in [5, 5.41) is 2.69. The Labute approximate surface area is 60.7 Å². The third-order valence-corrected chi connectivity index (χ3v) is 0.805. The van der Waals surface area contributed by atoms with Crippen LogP contribution in [0.25, 0.3) is 0 Å². The largest absolute Gasteiger partial charge is 0.389 e. The maximum atomic E-state index is 10.2. The third-order valence-electron chi connectivity index (χ3n) is 0.655. The highest BCUT2D eigenvalue weighted by Gasteiger charge is 1.84. The van der Waals surface area contributed by atoms with Gasteiger partial charge in [0.1, 0.15) is 0 Å². The maximum Gasteiger partial charge on any atom is 0.210 e. The quantitative estimate of drug-likeness (QED) is 0.457. The second-order valence-corrected chi connectivity index (χ2v) is 2.43. The molecule has 0 unspecified atom stereocenters. The van der Waals surface area contributed by atoms with Crippen LogP contribution >= 0.6 is 12.6 Å². The first kappa shape index (κ1) is 8.56. The molecule has 0 fully saturated rings. The molecule has 0 rings (SSSR count). The number of nitrogens with one attached hydrogen (secondary N) is 1. The molecule has 0 bridgehead atoms. The highest BCUT2D eigenvalue weighted by molar-refractivity contribution is 7.97. The highest BCUT2D eigenvalue weighted by atomic mass is 32.1. The molecule has 1 N–H and O–H groups in total. The third kappa shape index (κ3) is 7.56. The molecule has 0 aliphatic rings. The Morgan fingerprint density at radius 1 is 1.67 bits per heavy atom. The summed E-state index contributed by atoms with van der Waals surface area (Å²) in [5.74, 6) is 0. The molecular weight excluding hydrogens is 134 g/mol. The fourth-order valence-electron chi connectivity index (χ4n) is 0.312. The van der Waals surface area contributed by atoms with Gasteiger partial charge in [0.2, 0.25) is 5.12 Å². The molecule has 0 aromatic heterocycles. The zero-order valence-corrected chi connectivity index (χ0v) is 6.48. The minimum atomic E-state index is -0.233. The first-order chi connectivity index (χ1) is 4.13. The van der Waals surface area contributed by atoms with Crippen molar-refractivity contribution in [3.05, 3.63) is 12.3 Å². The molecule has 0 aliphatic carbocycles. The van der Waals surface area contributed by atoms with E-state index in [2.05, 4.69) is 17.9 Å². The van der Waals surface area contributed by atoms with Crippen LogP contribution in [-0.4, -0.2) is 11.2 Å². The number of thiol groups is 1. The fraction of sp³-hybridized carbons (Fsp3) is 0.500. The smallest absolute Gasteiger partial charge is 0.210 e. The van der Waals surface area contributed by atoms with Crippen LogP contribution in [0.1, 0.15) is 13.8 Å². The van der Waals surface area contributed by atoms with Gasteiger partial charge in [0.15, 0.2) is 0 Å². The summed E-state index contributed by atoms with van der Waals surface area (Å²) >= 11 is 3.53. The lowest BCUT2D eigenvalue weighted by atomic mass is 10.4. The van der Waals surface area contributed by atoms with Crippen LogP contribution in [0.15, 0.2) is 12.3 Å².